The summed E-state index contributed by atoms with van der Waals surface area (Å²) in [4.78, 5) is 11.6. The molecular weight excluding hydrogens is 250 g/mol. The van der Waals surface area contributed by atoms with Crippen molar-refractivity contribution in [1.82, 2.24) is 5.32 Å². The highest BCUT2D eigenvalue weighted by Gasteiger charge is 2.15. The van der Waals surface area contributed by atoms with E-state index in [1.807, 2.05) is 20.8 Å². The van der Waals surface area contributed by atoms with Gasteiger partial charge in [0.15, 0.2) is 0 Å². The van der Waals surface area contributed by atoms with Crippen molar-refractivity contribution in [1.29, 1.82) is 0 Å². The zero-order valence-electron chi connectivity index (χ0n) is 11.0. The van der Waals surface area contributed by atoms with Crippen molar-refractivity contribution in [3.05, 3.63) is 34.9 Å². The van der Waals surface area contributed by atoms with Crippen LogP contribution in [0.5, 0.6) is 0 Å². The van der Waals surface area contributed by atoms with E-state index in [1.165, 1.54) is 0 Å². The Morgan fingerprint density at radius 3 is 2.39 bits per heavy atom. The number of hydrogen-bond acceptors (Lipinski definition) is 2. The molecule has 3 nitrogen and oxygen atoms in total. The molecule has 1 atom stereocenters. The summed E-state index contributed by atoms with van der Waals surface area (Å²) < 4.78 is 0. The first-order valence-corrected chi connectivity index (χ1v) is 6.40. The van der Waals surface area contributed by atoms with Gasteiger partial charge in [-0.3, -0.25) is 4.79 Å². The molecule has 0 aliphatic rings. The van der Waals surface area contributed by atoms with Gasteiger partial charge in [-0.1, -0.05) is 23.7 Å². The standard InChI is InChI=1S/C14H20ClNO2/c1-14(2,3)16-13(18)9-8-12(17)10-4-6-11(15)7-5-10/h4-7,12,17H,8-9H2,1-3H3,(H,16,18). The van der Waals surface area contributed by atoms with Crippen LogP contribution in [0, 0.1) is 0 Å². The van der Waals surface area contributed by atoms with E-state index in [2.05, 4.69) is 5.32 Å². The van der Waals surface area contributed by atoms with Crippen LogP contribution in [0.2, 0.25) is 5.02 Å². The van der Waals surface area contributed by atoms with E-state index in [0.717, 1.165) is 5.56 Å². The van der Waals surface area contributed by atoms with Gasteiger partial charge in [-0.25, -0.2) is 0 Å². The highest BCUT2D eigenvalue weighted by atomic mass is 35.5. The second-order valence-corrected chi connectivity index (χ2v) is 5.84. The summed E-state index contributed by atoms with van der Waals surface area (Å²) in [7, 11) is 0. The van der Waals surface area contributed by atoms with Gasteiger partial charge in [0.05, 0.1) is 6.10 Å². The highest BCUT2D eigenvalue weighted by Crippen LogP contribution is 2.20. The molecule has 0 saturated heterocycles. The monoisotopic (exact) mass is 269 g/mol. The maximum atomic E-state index is 11.6. The van der Waals surface area contributed by atoms with Crippen molar-refractivity contribution in [2.45, 2.75) is 45.3 Å². The first-order chi connectivity index (χ1) is 8.28. The fourth-order valence-electron chi connectivity index (χ4n) is 1.60. The lowest BCUT2D eigenvalue weighted by molar-refractivity contribution is -0.123. The maximum Gasteiger partial charge on any atom is 0.220 e. The van der Waals surface area contributed by atoms with E-state index in [-0.39, 0.29) is 11.4 Å². The molecule has 0 spiro atoms. The number of benzene rings is 1. The molecule has 0 aliphatic carbocycles. The number of carbonyl (C=O) groups is 1. The number of rotatable bonds is 4. The third-order valence-corrected chi connectivity index (χ3v) is 2.67. The second-order valence-electron chi connectivity index (χ2n) is 5.40. The van der Waals surface area contributed by atoms with Crippen LogP contribution in [0.1, 0.15) is 45.3 Å². The number of amides is 1. The van der Waals surface area contributed by atoms with E-state index >= 15 is 0 Å². The number of nitrogens with one attached hydrogen (secondary N) is 1. The average Bonchev–Trinajstić information content (AvgIpc) is 2.24. The third-order valence-electron chi connectivity index (χ3n) is 2.41. The number of aliphatic hydroxyl groups excluding tert-OH is 1. The Kier molecular flexibility index (Phi) is 5.17. The normalized spacial score (nSPS) is 13.2. The molecule has 0 saturated carbocycles. The predicted octanol–water partition coefficient (Wildman–Crippen LogP) is 3.07. The summed E-state index contributed by atoms with van der Waals surface area (Å²) in [6.45, 7) is 5.79. The molecule has 2 N–H and O–H groups in total. The zero-order chi connectivity index (χ0) is 13.8. The Bertz CT molecular complexity index is 395. The van der Waals surface area contributed by atoms with E-state index < -0.39 is 6.10 Å². The number of aliphatic hydroxyl groups is 1. The first-order valence-electron chi connectivity index (χ1n) is 6.02. The molecule has 18 heavy (non-hydrogen) atoms. The molecule has 0 aliphatic heterocycles. The minimum atomic E-state index is -0.631. The van der Waals surface area contributed by atoms with Crippen LogP contribution in [-0.4, -0.2) is 16.6 Å². The van der Waals surface area contributed by atoms with Gasteiger partial charge in [-0.05, 0) is 44.9 Å². The lowest BCUT2D eigenvalue weighted by Crippen LogP contribution is -2.40. The van der Waals surface area contributed by atoms with Crippen LogP contribution in [0.15, 0.2) is 24.3 Å². The minimum absolute atomic E-state index is 0.0458. The largest absolute Gasteiger partial charge is 0.388 e. The van der Waals surface area contributed by atoms with Crippen molar-refractivity contribution in [2.75, 3.05) is 0 Å². The smallest absolute Gasteiger partial charge is 0.220 e. The lowest BCUT2D eigenvalue weighted by Gasteiger charge is -2.21. The molecule has 4 heteroatoms. The summed E-state index contributed by atoms with van der Waals surface area (Å²) in [6.07, 6.45) is 0.0814. The van der Waals surface area contributed by atoms with Crippen LogP contribution in [0.4, 0.5) is 0 Å². The fraction of sp³-hybridized carbons (Fsp3) is 0.500. The topological polar surface area (TPSA) is 49.3 Å². The highest BCUT2D eigenvalue weighted by molar-refractivity contribution is 6.30. The Hall–Kier alpha value is -1.06. The second kappa shape index (κ2) is 6.21. The molecule has 1 unspecified atom stereocenters. The van der Waals surface area contributed by atoms with Gasteiger partial charge in [-0.15, -0.1) is 0 Å². The molecule has 0 fully saturated rings. The van der Waals surface area contributed by atoms with E-state index in [0.29, 0.717) is 17.9 Å². The Balaban J connectivity index is 2.44. The van der Waals surface area contributed by atoms with Crippen LogP contribution < -0.4 is 5.32 Å². The van der Waals surface area contributed by atoms with Crippen LogP contribution >= 0.6 is 11.6 Å². The molecule has 0 aromatic heterocycles. The molecule has 100 valence electrons. The predicted molar refractivity (Wildman–Crippen MR) is 73.5 cm³/mol. The molecule has 1 amide bonds. The SMILES string of the molecule is CC(C)(C)NC(=O)CCC(O)c1ccc(Cl)cc1. The van der Waals surface area contributed by atoms with Crippen molar-refractivity contribution in [3.63, 3.8) is 0 Å². The maximum absolute atomic E-state index is 11.6. The molecule has 0 bridgehead atoms. The van der Waals surface area contributed by atoms with E-state index in [4.69, 9.17) is 11.6 Å². The van der Waals surface area contributed by atoms with Gasteiger partial charge >= 0.3 is 0 Å². The molecule has 0 radical (unpaired) electrons. The Labute approximate surface area is 113 Å². The van der Waals surface area contributed by atoms with Gasteiger partial charge in [0.25, 0.3) is 0 Å². The average molecular weight is 270 g/mol. The number of halogens is 1. The number of hydrogen-bond donors (Lipinski definition) is 2. The third kappa shape index (κ3) is 5.52. The van der Waals surface area contributed by atoms with Gasteiger partial charge in [0.2, 0.25) is 5.91 Å². The zero-order valence-corrected chi connectivity index (χ0v) is 11.8. The molecule has 1 aromatic carbocycles. The van der Waals surface area contributed by atoms with E-state index in [1.54, 1.807) is 24.3 Å². The summed E-state index contributed by atoms with van der Waals surface area (Å²) in [6, 6.07) is 7.01. The first kappa shape index (κ1) is 15.0. The van der Waals surface area contributed by atoms with Crippen LogP contribution in [0.25, 0.3) is 0 Å². The van der Waals surface area contributed by atoms with Gasteiger partial charge in [0, 0.05) is 17.0 Å². The molecule has 0 heterocycles. The van der Waals surface area contributed by atoms with Crippen molar-refractivity contribution in [3.8, 4) is 0 Å². The van der Waals surface area contributed by atoms with E-state index in [9.17, 15) is 9.90 Å². The summed E-state index contributed by atoms with van der Waals surface area (Å²) in [5.41, 5.74) is 0.547. The minimum Gasteiger partial charge on any atom is -0.388 e. The van der Waals surface area contributed by atoms with Crippen LogP contribution in [0.3, 0.4) is 0 Å². The van der Waals surface area contributed by atoms with Gasteiger partial charge in [-0.2, -0.15) is 0 Å². The van der Waals surface area contributed by atoms with Crippen LogP contribution in [-0.2, 0) is 4.79 Å². The van der Waals surface area contributed by atoms with Gasteiger partial charge < -0.3 is 10.4 Å². The van der Waals surface area contributed by atoms with Crippen molar-refractivity contribution < 1.29 is 9.90 Å². The van der Waals surface area contributed by atoms with Crippen molar-refractivity contribution in [2.24, 2.45) is 0 Å². The Morgan fingerprint density at radius 1 is 1.33 bits per heavy atom. The van der Waals surface area contributed by atoms with Gasteiger partial charge in [0.1, 0.15) is 0 Å². The lowest BCUT2D eigenvalue weighted by atomic mass is 10.0. The fourth-order valence-corrected chi connectivity index (χ4v) is 1.73. The van der Waals surface area contributed by atoms with Crippen molar-refractivity contribution >= 4 is 17.5 Å². The Morgan fingerprint density at radius 2 is 1.89 bits per heavy atom. The summed E-state index contributed by atoms with van der Waals surface area (Å²) >= 11 is 5.77. The number of carbonyl (C=O) groups excluding carboxylic acids is 1. The molecule has 1 aromatic rings. The quantitative estimate of drug-likeness (QED) is 0.883. The molecule has 1 rings (SSSR count). The molecular formula is C14H20ClNO2. The summed E-state index contributed by atoms with van der Waals surface area (Å²) in [5, 5.41) is 13.4. The summed E-state index contributed by atoms with van der Waals surface area (Å²) in [5.74, 6) is -0.0458.